The Balaban J connectivity index is 1.69. The van der Waals surface area contributed by atoms with Gasteiger partial charge in [0.25, 0.3) is 0 Å². The summed E-state index contributed by atoms with van der Waals surface area (Å²) in [7, 11) is 1.52. The molecule has 0 amide bonds. The molecular formula is C31H30F2N4O2S. The van der Waals surface area contributed by atoms with Crippen LogP contribution in [0.2, 0.25) is 0 Å². The lowest BCUT2D eigenvalue weighted by molar-refractivity contribution is 0.0512. The quantitative estimate of drug-likeness (QED) is 0.110. The number of nitrogens with zero attached hydrogens (tertiary/aromatic N) is 4. The first kappa shape index (κ1) is 26.7. The molecule has 2 aliphatic heterocycles. The van der Waals surface area contributed by atoms with Gasteiger partial charge >= 0.3 is 0 Å². The van der Waals surface area contributed by atoms with Gasteiger partial charge in [-0.1, -0.05) is 30.7 Å². The number of fused-ring (bicyclic) bond motifs is 3. The van der Waals surface area contributed by atoms with Crippen LogP contribution in [-0.2, 0) is 11.2 Å². The molecule has 2 aromatic carbocycles. The van der Waals surface area contributed by atoms with Crippen molar-refractivity contribution in [2.75, 3.05) is 31.1 Å². The van der Waals surface area contributed by atoms with E-state index in [4.69, 9.17) is 30.8 Å². The maximum absolute atomic E-state index is 16.8. The lowest BCUT2D eigenvalue weighted by Gasteiger charge is -2.45. The Morgan fingerprint density at radius 1 is 1.12 bits per heavy atom. The minimum atomic E-state index is -0.585. The van der Waals surface area contributed by atoms with Crippen molar-refractivity contribution in [3.63, 3.8) is 0 Å². The van der Waals surface area contributed by atoms with Crippen LogP contribution in [0.4, 0.5) is 14.6 Å². The van der Waals surface area contributed by atoms with E-state index >= 15 is 4.39 Å². The molecule has 9 heteroatoms. The monoisotopic (exact) mass is 560 g/mol. The van der Waals surface area contributed by atoms with Gasteiger partial charge in [0.15, 0.2) is 17.8 Å². The Hall–Kier alpha value is -3.48. The molecule has 40 heavy (non-hydrogen) atoms. The first-order valence-electron chi connectivity index (χ1n) is 13.5. The molecule has 206 valence electrons. The van der Waals surface area contributed by atoms with E-state index in [1.54, 1.807) is 18.2 Å². The summed E-state index contributed by atoms with van der Waals surface area (Å²) in [5.41, 5.74) is 1.33. The number of aromatic nitrogens is 3. The standard InChI is InChI=1S/C31H30F2N4O2S/c1-5-20-22(32)10-9-18-15-19(39-17-38-4)16-21(24(18)20)27-26(33)28-25-23(34-27)11-13-31(3)12-7-8-14-37(31)29(25)36-30(35-28)40-6-2/h1,9-10,15-16H,6-8,11-14,17H2,2-4H3. The van der Waals surface area contributed by atoms with Crippen molar-refractivity contribution in [2.45, 2.75) is 56.6 Å². The zero-order valence-electron chi connectivity index (χ0n) is 22.8. The number of rotatable bonds is 6. The fraction of sp³-hybridized carbons (Fsp3) is 0.387. The number of aryl methyl sites for hydroxylation is 1. The van der Waals surface area contributed by atoms with Gasteiger partial charge in [-0.2, -0.15) is 0 Å². The number of benzene rings is 2. The Labute approximate surface area is 236 Å². The number of halogens is 2. The number of pyridine rings is 1. The average molecular weight is 561 g/mol. The number of piperidine rings is 1. The fourth-order valence-electron chi connectivity index (χ4n) is 6.10. The van der Waals surface area contributed by atoms with Crippen LogP contribution in [0.25, 0.3) is 32.9 Å². The van der Waals surface area contributed by atoms with Crippen molar-refractivity contribution in [2.24, 2.45) is 0 Å². The van der Waals surface area contributed by atoms with Crippen molar-refractivity contribution in [3.8, 4) is 29.4 Å². The van der Waals surface area contributed by atoms with E-state index in [1.165, 1.54) is 24.9 Å². The van der Waals surface area contributed by atoms with Gasteiger partial charge in [-0.15, -0.1) is 6.42 Å². The molecule has 4 heterocycles. The Bertz CT molecular complexity index is 1690. The number of hydrogen-bond donors (Lipinski definition) is 0. The zero-order valence-corrected chi connectivity index (χ0v) is 23.6. The van der Waals surface area contributed by atoms with Crippen molar-refractivity contribution in [1.29, 1.82) is 0 Å². The van der Waals surface area contributed by atoms with Crippen molar-refractivity contribution in [3.05, 3.63) is 47.2 Å². The SMILES string of the molecule is C#Cc1c(F)ccc2cc(OCOC)cc(-c3nc4c5c(nc(SCC)nc5c3F)N3CCCCC3(C)CC4)c12. The lowest BCUT2D eigenvalue weighted by Crippen LogP contribution is -2.50. The summed E-state index contributed by atoms with van der Waals surface area (Å²) in [6, 6.07) is 6.31. The number of terminal acetylenes is 1. The van der Waals surface area contributed by atoms with Crippen molar-refractivity contribution in [1.82, 2.24) is 15.0 Å². The molecule has 4 aromatic rings. The maximum atomic E-state index is 16.8. The van der Waals surface area contributed by atoms with E-state index in [-0.39, 0.29) is 29.1 Å². The van der Waals surface area contributed by atoms with Crippen LogP contribution >= 0.6 is 11.8 Å². The highest BCUT2D eigenvalue weighted by atomic mass is 32.2. The number of methoxy groups -OCH3 is 1. The second kappa shape index (κ2) is 10.5. The Morgan fingerprint density at radius 2 is 1.98 bits per heavy atom. The van der Waals surface area contributed by atoms with E-state index in [2.05, 4.69) is 17.7 Å². The van der Waals surface area contributed by atoms with Gasteiger partial charge in [0, 0.05) is 30.1 Å². The number of ether oxygens (including phenoxy) is 2. The Morgan fingerprint density at radius 3 is 2.75 bits per heavy atom. The molecule has 1 fully saturated rings. The molecule has 1 unspecified atom stereocenters. The third-order valence-corrected chi connectivity index (χ3v) is 8.76. The topological polar surface area (TPSA) is 60.4 Å². The van der Waals surface area contributed by atoms with Crippen LogP contribution in [0, 0.1) is 24.0 Å². The first-order valence-corrected chi connectivity index (χ1v) is 14.5. The molecule has 0 radical (unpaired) electrons. The van der Waals surface area contributed by atoms with E-state index in [1.807, 2.05) is 6.92 Å². The first-order chi connectivity index (χ1) is 19.4. The maximum Gasteiger partial charge on any atom is 0.190 e. The van der Waals surface area contributed by atoms with Crippen molar-refractivity contribution < 1.29 is 18.3 Å². The molecular weight excluding hydrogens is 530 g/mol. The molecule has 1 atom stereocenters. The second-order valence-corrected chi connectivity index (χ2v) is 11.7. The van der Waals surface area contributed by atoms with Gasteiger partial charge < -0.3 is 14.4 Å². The van der Waals surface area contributed by atoms with Gasteiger partial charge in [-0.3, -0.25) is 0 Å². The average Bonchev–Trinajstić information content (AvgIpc) is 3.08. The van der Waals surface area contributed by atoms with Gasteiger partial charge in [-0.25, -0.2) is 23.7 Å². The van der Waals surface area contributed by atoms with Crippen molar-refractivity contribution >= 4 is 39.3 Å². The van der Waals surface area contributed by atoms with Gasteiger partial charge in [0.2, 0.25) is 0 Å². The second-order valence-electron chi connectivity index (χ2n) is 10.5. The van der Waals surface area contributed by atoms with Crippen LogP contribution < -0.4 is 9.64 Å². The molecule has 0 aliphatic carbocycles. The summed E-state index contributed by atoms with van der Waals surface area (Å²) in [6.45, 7) is 5.14. The third kappa shape index (κ3) is 4.34. The molecule has 1 saturated heterocycles. The summed E-state index contributed by atoms with van der Waals surface area (Å²) >= 11 is 1.48. The normalized spacial score (nSPS) is 18.4. The molecule has 0 saturated carbocycles. The number of hydrogen-bond acceptors (Lipinski definition) is 7. The molecule has 6 nitrogen and oxygen atoms in total. The number of thioether (sulfide) groups is 1. The number of anilines is 1. The molecule has 2 aromatic heterocycles. The minimum Gasteiger partial charge on any atom is -0.468 e. The summed E-state index contributed by atoms with van der Waals surface area (Å²) in [4.78, 5) is 16.9. The van der Waals surface area contributed by atoms with Crippen LogP contribution in [-0.4, -0.2) is 46.7 Å². The zero-order chi connectivity index (χ0) is 28.0. The van der Waals surface area contributed by atoms with E-state index < -0.39 is 11.6 Å². The van der Waals surface area contributed by atoms with Gasteiger partial charge in [-0.05, 0) is 68.4 Å². The van der Waals surface area contributed by atoms with E-state index in [9.17, 15) is 4.39 Å². The molecule has 6 rings (SSSR count). The predicted molar refractivity (Wildman–Crippen MR) is 155 cm³/mol. The molecule has 2 aliphatic rings. The van der Waals surface area contributed by atoms with Gasteiger partial charge in [0.1, 0.15) is 28.6 Å². The van der Waals surface area contributed by atoms with Crippen LogP contribution in [0.3, 0.4) is 0 Å². The summed E-state index contributed by atoms with van der Waals surface area (Å²) < 4.78 is 42.6. The van der Waals surface area contributed by atoms with E-state index in [0.29, 0.717) is 39.0 Å². The predicted octanol–water partition coefficient (Wildman–Crippen LogP) is 6.89. The minimum absolute atomic E-state index is 0.00434. The summed E-state index contributed by atoms with van der Waals surface area (Å²) in [5.74, 6) is 3.26. The summed E-state index contributed by atoms with van der Waals surface area (Å²) in [5, 5.41) is 2.20. The highest BCUT2D eigenvalue weighted by Crippen LogP contribution is 2.45. The lowest BCUT2D eigenvalue weighted by atomic mass is 9.85. The van der Waals surface area contributed by atoms with Crippen LogP contribution in [0.15, 0.2) is 29.4 Å². The van der Waals surface area contributed by atoms with E-state index in [0.717, 1.165) is 49.5 Å². The molecule has 0 bridgehead atoms. The van der Waals surface area contributed by atoms with Crippen LogP contribution in [0.5, 0.6) is 5.75 Å². The highest BCUT2D eigenvalue weighted by Gasteiger charge is 2.40. The Kier molecular flexibility index (Phi) is 7.01. The van der Waals surface area contributed by atoms with Gasteiger partial charge in [0.05, 0.1) is 16.6 Å². The molecule has 0 N–H and O–H groups in total. The molecule has 0 spiro atoms. The summed E-state index contributed by atoms with van der Waals surface area (Å²) in [6.07, 6.45) is 10.5. The highest BCUT2D eigenvalue weighted by molar-refractivity contribution is 7.99. The smallest absolute Gasteiger partial charge is 0.190 e. The third-order valence-electron chi connectivity index (χ3n) is 8.03. The van der Waals surface area contributed by atoms with Crippen LogP contribution in [0.1, 0.15) is 50.8 Å². The largest absolute Gasteiger partial charge is 0.468 e. The fourth-order valence-corrected chi connectivity index (χ4v) is 6.66.